The molecule has 1 atom stereocenters. The Balaban J connectivity index is 1.70. The van der Waals surface area contributed by atoms with Crippen molar-refractivity contribution in [2.75, 3.05) is 27.4 Å². The lowest BCUT2D eigenvalue weighted by atomic mass is 9.99. The van der Waals surface area contributed by atoms with Crippen LogP contribution in [0.2, 0.25) is 0 Å². The summed E-state index contributed by atoms with van der Waals surface area (Å²) < 4.78 is 16.3. The molecule has 2 amide bonds. The number of fused-ring (bicyclic) bond motifs is 1. The number of amides is 2. The van der Waals surface area contributed by atoms with Crippen LogP contribution < -0.4 is 10.1 Å². The number of carbonyl (C=O) groups excluding carboxylic acids is 1. The van der Waals surface area contributed by atoms with Gasteiger partial charge in [0.2, 0.25) is 0 Å². The number of ether oxygens (including phenoxy) is 2. The van der Waals surface area contributed by atoms with E-state index in [1.807, 2.05) is 37.3 Å². The maximum Gasteiger partial charge on any atom is 0.318 e. The van der Waals surface area contributed by atoms with Gasteiger partial charge in [0.05, 0.1) is 13.7 Å². The van der Waals surface area contributed by atoms with E-state index in [4.69, 9.17) is 13.9 Å². The first-order valence-electron chi connectivity index (χ1n) is 8.38. The molecule has 2 aromatic rings. The Morgan fingerprint density at radius 1 is 1.32 bits per heavy atom. The van der Waals surface area contributed by atoms with Crippen molar-refractivity contribution in [2.45, 2.75) is 25.9 Å². The number of nitrogens with one attached hydrogen (secondary N) is 1. The topological polar surface area (TPSA) is 63.9 Å². The molecule has 6 heteroatoms. The van der Waals surface area contributed by atoms with Crippen molar-refractivity contribution >= 4 is 6.03 Å². The molecule has 1 aliphatic heterocycles. The number of nitrogens with zero attached hydrogens (tertiary/aromatic N) is 1. The lowest BCUT2D eigenvalue weighted by molar-refractivity contribution is 0.144. The second-order valence-electron chi connectivity index (χ2n) is 6.18. The van der Waals surface area contributed by atoms with E-state index < -0.39 is 0 Å². The Labute approximate surface area is 147 Å². The third-order valence-electron chi connectivity index (χ3n) is 4.47. The molecule has 0 aliphatic carbocycles. The zero-order valence-corrected chi connectivity index (χ0v) is 14.9. The molecular formula is C19H24N2O4. The Hall–Kier alpha value is -2.47. The smallest absolute Gasteiger partial charge is 0.318 e. The van der Waals surface area contributed by atoms with E-state index in [0.717, 1.165) is 23.5 Å². The summed E-state index contributed by atoms with van der Waals surface area (Å²) in [7, 11) is 3.29. The molecule has 0 fully saturated rings. The van der Waals surface area contributed by atoms with Crippen LogP contribution in [0.3, 0.4) is 0 Å². The standard InChI is InChI=1S/C19H24N2O4/c1-13-7-8-18(25-13)16(12-23-2)20-19(22)21-10-9-15-14(11-21)5-4-6-17(15)24-3/h4-8,16H,9-12H2,1-3H3,(H,20,22). The molecule has 0 saturated carbocycles. The van der Waals surface area contributed by atoms with Gasteiger partial charge in [0, 0.05) is 25.8 Å². The second-order valence-corrected chi connectivity index (χ2v) is 6.18. The lowest BCUT2D eigenvalue weighted by Gasteiger charge is -2.31. The molecule has 1 aromatic heterocycles. The Kier molecular flexibility index (Phi) is 5.28. The summed E-state index contributed by atoms with van der Waals surface area (Å²) in [5.41, 5.74) is 2.31. The van der Waals surface area contributed by atoms with Crippen molar-refractivity contribution in [1.82, 2.24) is 10.2 Å². The van der Waals surface area contributed by atoms with Crippen LogP contribution in [0, 0.1) is 6.92 Å². The van der Waals surface area contributed by atoms with Gasteiger partial charge < -0.3 is 24.1 Å². The minimum absolute atomic E-state index is 0.121. The number of benzene rings is 1. The number of hydrogen-bond donors (Lipinski definition) is 1. The molecule has 25 heavy (non-hydrogen) atoms. The highest BCUT2D eigenvalue weighted by molar-refractivity contribution is 5.75. The summed E-state index contributed by atoms with van der Waals surface area (Å²) >= 11 is 0. The van der Waals surface area contributed by atoms with Crippen molar-refractivity contribution in [3.8, 4) is 5.75 Å². The Morgan fingerprint density at radius 3 is 2.84 bits per heavy atom. The molecule has 3 rings (SSSR count). The normalized spacial score (nSPS) is 14.8. The largest absolute Gasteiger partial charge is 0.496 e. The maximum atomic E-state index is 12.7. The van der Waals surface area contributed by atoms with Crippen LogP contribution in [-0.4, -0.2) is 38.3 Å². The maximum absolute atomic E-state index is 12.7. The summed E-state index contributed by atoms with van der Waals surface area (Å²) in [5, 5.41) is 3.01. The highest BCUT2D eigenvalue weighted by atomic mass is 16.5. The van der Waals surface area contributed by atoms with Gasteiger partial charge in [-0.1, -0.05) is 12.1 Å². The van der Waals surface area contributed by atoms with Crippen molar-refractivity contribution in [1.29, 1.82) is 0 Å². The first kappa shape index (κ1) is 17.4. The molecular weight excluding hydrogens is 320 g/mol. The van der Waals surface area contributed by atoms with Gasteiger partial charge in [0.1, 0.15) is 23.3 Å². The van der Waals surface area contributed by atoms with Crippen molar-refractivity contribution in [3.05, 3.63) is 53.0 Å². The van der Waals surface area contributed by atoms with Crippen LogP contribution in [-0.2, 0) is 17.7 Å². The van der Waals surface area contributed by atoms with E-state index in [9.17, 15) is 4.79 Å². The third kappa shape index (κ3) is 3.79. The van der Waals surface area contributed by atoms with E-state index in [-0.39, 0.29) is 12.1 Å². The number of furan rings is 1. The number of methoxy groups -OCH3 is 2. The molecule has 1 aromatic carbocycles. The predicted molar refractivity (Wildman–Crippen MR) is 93.7 cm³/mol. The van der Waals surface area contributed by atoms with Crippen LogP contribution in [0.1, 0.15) is 28.7 Å². The average molecular weight is 344 g/mol. The molecule has 2 heterocycles. The fourth-order valence-electron chi connectivity index (χ4n) is 3.18. The molecule has 1 unspecified atom stereocenters. The van der Waals surface area contributed by atoms with Gasteiger partial charge in [-0.15, -0.1) is 0 Å². The van der Waals surface area contributed by atoms with Gasteiger partial charge in [-0.3, -0.25) is 0 Å². The molecule has 0 spiro atoms. The first-order valence-corrected chi connectivity index (χ1v) is 8.38. The van der Waals surface area contributed by atoms with Crippen LogP contribution in [0.15, 0.2) is 34.7 Å². The van der Waals surface area contributed by atoms with Gasteiger partial charge >= 0.3 is 6.03 Å². The van der Waals surface area contributed by atoms with Crippen molar-refractivity contribution < 1.29 is 18.7 Å². The molecule has 134 valence electrons. The van der Waals surface area contributed by atoms with Gasteiger partial charge in [-0.05, 0) is 37.1 Å². The zero-order valence-electron chi connectivity index (χ0n) is 14.9. The first-order chi connectivity index (χ1) is 12.1. The highest BCUT2D eigenvalue weighted by Gasteiger charge is 2.26. The number of hydrogen-bond acceptors (Lipinski definition) is 4. The molecule has 0 bridgehead atoms. The number of rotatable bonds is 5. The summed E-state index contributed by atoms with van der Waals surface area (Å²) in [6.07, 6.45) is 0.779. The van der Waals surface area contributed by atoms with Gasteiger partial charge in [-0.25, -0.2) is 4.79 Å². The summed E-state index contributed by atoms with van der Waals surface area (Å²) in [6.45, 7) is 3.45. The van der Waals surface area contributed by atoms with Gasteiger partial charge in [-0.2, -0.15) is 0 Å². The quantitative estimate of drug-likeness (QED) is 0.905. The molecule has 1 N–H and O–H groups in total. The summed E-state index contributed by atoms with van der Waals surface area (Å²) in [5.74, 6) is 2.40. The highest BCUT2D eigenvalue weighted by Crippen LogP contribution is 2.28. The minimum atomic E-state index is -0.307. The van der Waals surface area contributed by atoms with Crippen LogP contribution in [0.4, 0.5) is 4.79 Å². The van der Waals surface area contributed by atoms with Crippen LogP contribution in [0.25, 0.3) is 0 Å². The number of carbonyl (C=O) groups is 1. The predicted octanol–water partition coefficient (Wildman–Crippen LogP) is 3.05. The third-order valence-corrected chi connectivity index (χ3v) is 4.47. The van der Waals surface area contributed by atoms with E-state index in [1.54, 1.807) is 19.1 Å². The van der Waals surface area contributed by atoms with E-state index in [2.05, 4.69) is 5.32 Å². The van der Waals surface area contributed by atoms with Crippen molar-refractivity contribution in [3.63, 3.8) is 0 Å². The number of aryl methyl sites for hydroxylation is 1. The van der Waals surface area contributed by atoms with Crippen molar-refractivity contribution in [2.24, 2.45) is 0 Å². The molecule has 0 saturated heterocycles. The minimum Gasteiger partial charge on any atom is -0.496 e. The molecule has 0 radical (unpaired) electrons. The zero-order chi connectivity index (χ0) is 17.8. The monoisotopic (exact) mass is 344 g/mol. The lowest BCUT2D eigenvalue weighted by Crippen LogP contribution is -2.44. The Bertz CT molecular complexity index is 741. The van der Waals surface area contributed by atoms with Crippen LogP contribution >= 0.6 is 0 Å². The van der Waals surface area contributed by atoms with E-state index in [0.29, 0.717) is 25.5 Å². The summed E-state index contributed by atoms with van der Waals surface area (Å²) in [4.78, 5) is 14.5. The average Bonchev–Trinajstić information content (AvgIpc) is 3.06. The molecule has 1 aliphatic rings. The van der Waals surface area contributed by atoms with Gasteiger partial charge in [0.15, 0.2) is 0 Å². The van der Waals surface area contributed by atoms with Gasteiger partial charge in [0.25, 0.3) is 0 Å². The molecule has 6 nitrogen and oxygen atoms in total. The fourth-order valence-corrected chi connectivity index (χ4v) is 3.18. The Morgan fingerprint density at radius 2 is 2.16 bits per heavy atom. The number of urea groups is 1. The fraction of sp³-hybridized carbons (Fsp3) is 0.421. The van der Waals surface area contributed by atoms with Crippen LogP contribution in [0.5, 0.6) is 5.75 Å². The summed E-state index contributed by atoms with van der Waals surface area (Å²) in [6, 6.07) is 9.28. The SMILES string of the molecule is COCC(NC(=O)N1CCc2c(cccc2OC)C1)c1ccc(C)o1. The van der Waals surface area contributed by atoms with E-state index >= 15 is 0 Å². The second kappa shape index (κ2) is 7.61. The van der Waals surface area contributed by atoms with E-state index in [1.165, 1.54) is 5.56 Å².